The Bertz CT molecular complexity index is 789. The Morgan fingerprint density at radius 2 is 1.96 bits per heavy atom. The van der Waals surface area contributed by atoms with Crippen LogP contribution in [-0.4, -0.2) is 48.3 Å². The number of rotatable bonds is 9. The SMILES string of the molecule is O=C(N[C@H](Cc1ccccc1)C(=O)NCCCN1CCCC1=O)c1ccco1. The lowest BCUT2D eigenvalue weighted by molar-refractivity contribution is -0.127. The van der Waals surface area contributed by atoms with E-state index < -0.39 is 11.9 Å². The van der Waals surface area contributed by atoms with Crippen molar-refractivity contribution in [2.45, 2.75) is 31.7 Å². The number of carbonyl (C=O) groups is 3. The first-order chi connectivity index (χ1) is 13.6. The average molecular weight is 383 g/mol. The maximum atomic E-state index is 12.7. The minimum Gasteiger partial charge on any atom is -0.459 e. The van der Waals surface area contributed by atoms with Crippen LogP contribution in [0.5, 0.6) is 0 Å². The quantitative estimate of drug-likeness (QED) is 0.646. The molecule has 7 nitrogen and oxygen atoms in total. The van der Waals surface area contributed by atoms with Gasteiger partial charge in [0, 0.05) is 32.5 Å². The molecule has 0 aliphatic carbocycles. The summed E-state index contributed by atoms with van der Waals surface area (Å²) in [5, 5.41) is 5.62. The number of benzene rings is 1. The fourth-order valence-corrected chi connectivity index (χ4v) is 3.24. The maximum absolute atomic E-state index is 12.7. The van der Waals surface area contributed by atoms with E-state index in [1.807, 2.05) is 35.2 Å². The minimum absolute atomic E-state index is 0.165. The number of hydrogen-bond donors (Lipinski definition) is 2. The third-order valence-electron chi connectivity index (χ3n) is 4.72. The summed E-state index contributed by atoms with van der Waals surface area (Å²) in [6.45, 7) is 1.88. The molecule has 1 fully saturated rings. The van der Waals surface area contributed by atoms with Gasteiger partial charge in [0.2, 0.25) is 11.8 Å². The van der Waals surface area contributed by atoms with Gasteiger partial charge in [-0.05, 0) is 30.5 Å². The molecule has 1 aromatic heterocycles. The highest BCUT2D eigenvalue weighted by Crippen LogP contribution is 2.09. The molecular formula is C21H25N3O4. The predicted octanol–water partition coefficient (Wildman–Crippen LogP) is 1.75. The molecule has 148 valence electrons. The van der Waals surface area contributed by atoms with Crippen molar-refractivity contribution in [2.75, 3.05) is 19.6 Å². The summed E-state index contributed by atoms with van der Waals surface area (Å²) in [6.07, 6.45) is 4.00. The highest BCUT2D eigenvalue weighted by atomic mass is 16.3. The molecule has 1 aliphatic rings. The van der Waals surface area contributed by atoms with E-state index in [4.69, 9.17) is 4.42 Å². The van der Waals surface area contributed by atoms with Crippen LogP contribution < -0.4 is 10.6 Å². The molecule has 1 atom stereocenters. The Labute approximate surface area is 164 Å². The van der Waals surface area contributed by atoms with Crippen LogP contribution in [0.3, 0.4) is 0 Å². The van der Waals surface area contributed by atoms with Crippen molar-refractivity contribution in [3.8, 4) is 0 Å². The largest absolute Gasteiger partial charge is 0.459 e. The summed E-state index contributed by atoms with van der Waals surface area (Å²) in [5.41, 5.74) is 0.949. The standard InChI is InChI=1S/C21H25N3O4/c25-19-10-4-12-24(19)13-6-11-22-20(26)17(15-16-7-2-1-3-8-16)23-21(27)18-9-5-14-28-18/h1-3,5,7-9,14,17H,4,6,10-13,15H2,(H,22,26)(H,23,27)/t17-/m1/s1. The first kappa shape index (κ1) is 19.7. The van der Waals surface area contributed by atoms with E-state index in [1.54, 1.807) is 12.1 Å². The Morgan fingerprint density at radius 1 is 1.14 bits per heavy atom. The molecule has 3 amide bonds. The third kappa shape index (κ3) is 5.45. The topological polar surface area (TPSA) is 91.7 Å². The van der Waals surface area contributed by atoms with Crippen molar-refractivity contribution in [1.82, 2.24) is 15.5 Å². The Kier molecular flexibility index (Phi) is 6.84. The fourth-order valence-electron chi connectivity index (χ4n) is 3.24. The highest BCUT2D eigenvalue weighted by Gasteiger charge is 2.23. The zero-order valence-corrected chi connectivity index (χ0v) is 15.7. The van der Waals surface area contributed by atoms with Crippen molar-refractivity contribution < 1.29 is 18.8 Å². The maximum Gasteiger partial charge on any atom is 0.287 e. The Hall–Kier alpha value is -3.09. The second kappa shape index (κ2) is 9.73. The van der Waals surface area contributed by atoms with E-state index in [0.717, 1.165) is 18.5 Å². The second-order valence-electron chi connectivity index (χ2n) is 6.82. The molecule has 1 saturated heterocycles. The van der Waals surface area contributed by atoms with Gasteiger partial charge in [0.25, 0.3) is 5.91 Å². The molecule has 1 aromatic carbocycles. The van der Waals surface area contributed by atoms with Gasteiger partial charge in [-0.25, -0.2) is 0 Å². The summed E-state index contributed by atoms with van der Waals surface area (Å²) in [7, 11) is 0. The molecule has 1 aliphatic heterocycles. The lowest BCUT2D eigenvalue weighted by Crippen LogP contribution is -2.48. The number of likely N-dealkylation sites (tertiary alicyclic amines) is 1. The van der Waals surface area contributed by atoms with Crippen LogP contribution in [-0.2, 0) is 16.0 Å². The van der Waals surface area contributed by atoms with Crippen LogP contribution in [0.25, 0.3) is 0 Å². The van der Waals surface area contributed by atoms with E-state index in [0.29, 0.717) is 32.4 Å². The van der Waals surface area contributed by atoms with Crippen LogP contribution in [0.15, 0.2) is 53.1 Å². The molecule has 2 heterocycles. The Morgan fingerprint density at radius 3 is 2.64 bits per heavy atom. The summed E-state index contributed by atoms with van der Waals surface area (Å²) < 4.78 is 5.11. The van der Waals surface area contributed by atoms with Crippen LogP contribution in [0.1, 0.15) is 35.4 Å². The van der Waals surface area contributed by atoms with Gasteiger partial charge in [0.1, 0.15) is 6.04 Å². The summed E-state index contributed by atoms with van der Waals surface area (Å²) in [6, 6.07) is 12.0. The first-order valence-corrected chi connectivity index (χ1v) is 9.57. The molecule has 0 spiro atoms. The van der Waals surface area contributed by atoms with Crippen LogP contribution in [0.4, 0.5) is 0 Å². The molecule has 0 unspecified atom stereocenters. The van der Waals surface area contributed by atoms with Crippen molar-refractivity contribution in [3.63, 3.8) is 0 Å². The molecule has 2 N–H and O–H groups in total. The van der Waals surface area contributed by atoms with Gasteiger partial charge in [0.05, 0.1) is 6.26 Å². The van der Waals surface area contributed by atoms with Gasteiger partial charge >= 0.3 is 0 Å². The molecule has 28 heavy (non-hydrogen) atoms. The molecule has 7 heteroatoms. The molecule has 3 rings (SSSR count). The zero-order chi connectivity index (χ0) is 19.8. The number of nitrogens with one attached hydrogen (secondary N) is 2. The average Bonchev–Trinajstić information content (AvgIpc) is 3.37. The molecule has 0 radical (unpaired) electrons. The third-order valence-corrected chi connectivity index (χ3v) is 4.72. The summed E-state index contributed by atoms with van der Waals surface area (Å²) in [4.78, 5) is 38.5. The molecule has 2 aromatic rings. The summed E-state index contributed by atoms with van der Waals surface area (Å²) >= 11 is 0. The van der Waals surface area contributed by atoms with Gasteiger partial charge in [-0.2, -0.15) is 0 Å². The lowest BCUT2D eigenvalue weighted by Gasteiger charge is -2.19. The predicted molar refractivity (Wildman–Crippen MR) is 104 cm³/mol. The van der Waals surface area contributed by atoms with Gasteiger partial charge < -0.3 is 20.0 Å². The monoisotopic (exact) mass is 383 g/mol. The molecular weight excluding hydrogens is 358 g/mol. The molecule has 0 saturated carbocycles. The van der Waals surface area contributed by atoms with E-state index in [9.17, 15) is 14.4 Å². The van der Waals surface area contributed by atoms with Gasteiger partial charge in [-0.3, -0.25) is 14.4 Å². The van der Waals surface area contributed by atoms with Crippen LogP contribution >= 0.6 is 0 Å². The molecule has 0 bridgehead atoms. The second-order valence-corrected chi connectivity index (χ2v) is 6.82. The van der Waals surface area contributed by atoms with Crippen molar-refractivity contribution in [3.05, 3.63) is 60.1 Å². The minimum atomic E-state index is -0.714. The zero-order valence-electron chi connectivity index (χ0n) is 15.7. The van der Waals surface area contributed by atoms with E-state index in [1.165, 1.54) is 6.26 Å². The summed E-state index contributed by atoms with van der Waals surface area (Å²) in [5.74, 6) is -0.336. The highest BCUT2D eigenvalue weighted by molar-refractivity contribution is 5.95. The van der Waals surface area contributed by atoms with Gasteiger partial charge in [-0.15, -0.1) is 0 Å². The van der Waals surface area contributed by atoms with E-state index >= 15 is 0 Å². The number of furan rings is 1. The smallest absolute Gasteiger partial charge is 0.287 e. The van der Waals surface area contributed by atoms with Crippen molar-refractivity contribution in [1.29, 1.82) is 0 Å². The number of nitrogens with zero attached hydrogens (tertiary/aromatic N) is 1. The number of hydrogen-bond acceptors (Lipinski definition) is 4. The first-order valence-electron chi connectivity index (χ1n) is 9.57. The number of amides is 3. The van der Waals surface area contributed by atoms with Gasteiger partial charge in [-0.1, -0.05) is 30.3 Å². The number of carbonyl (C=O) groups excluding carboxylic acids is 3. The lowest BCUT2D eigenvalue weighted by atomic mass is 10.0. The normalized spacial score (nSPS) is 14.7. The van der Waals surface area contributed by atoms with Crippen molar-refractivity contribution >= 4 is 17.7 Å². The van der Waals surface area contributed by atoms with Crippen LogP contribution in [0.2, 0.25) is 0 Å². The van der Waals surface area contributed by atoms with Crippen molar-refractivity contribution in [2.24, 2.45) is 0 Å². The Balaban J connectivity index is 1.54. The fraction of sp³-hybridized carbons (Fsp3) is 0.381. The van der Waals surface area contributed by atoms with E-state index in [2.05, 4.69) is 10.6 Å². The van der Waals surface area contributed by atoms with Gasteiger partial charge in [0.15, 0.2) is 5.76 Å². The van der Waals surface area contributed by atoms with Crippen LogP contribution in [0, 0.1) is 0 Å². The van der Waals surface area contributed by atoms with E-state index in [-0.39, 0.29) is 17.6 Å².